The Morgan fingerprint density at radius 1 is 1.50 bits per heavy atom. The van der Waals surface area contributed by atoms with E-state index < -0.39 is 6.61 Å². The molecule has 86 valence electrons. The lowest BCUT2D eigenvalue weighted by Gasteiger charge is -2.08. The summed E-state index contributed by atoms with van der Waals surface area (Å²) >= 11 is 0. The van der Waals surface area contributed by atoms with Crippen molar-refractivity contribution in [2.75, 3.05) is 0 Å². The molecule has 0 N–H and O–H groups in total. The lowest BCUT2D eigenvalue weighted by atomic mass is 10.1. The molecule has 0 radical (unpaired) electrons. The number of carbonyl (C=O) groups excluding carboxylic acids is 2. The lowest BCUT2D eigenvalue weighted by Crippen LogP contribution is -2.05. The zero-order chi connectivity index (χ0) is 12.1. The van der Waals surface area contributed by atoms with Gasteiger partial charge in [0.05, 0.1) is 5.56 Å². The molecule has 3 nitrogen and oxygen atoms in total. The summed E-state index contributed by atoms with van der Waals surface area (Å²) in [7, 11) is 0. The lowest BCUT2D eigenvalue weighted by molar-refractivity contribution is -0.116. The summed E-state index contributed by atoms with van der Waals surface area (Å²) in [6, 6.07) is 4.16. The highest BCUT2D eigenvalue weighted by Gasteiger charge is 2.10. The third kappa shape index (κ3) is 3.42. The van der Waals surface area contributed by atoms with Gasteiger partial charge in [-0.25, -0.2) is 0 Å². The molecule has 0 heterocycles. The predicted octanol–water partition coefficient (Wildman–Crippen LogP) is 2.23. The molecule has 0 amide bonds. The Morgan fingerprint density at radius 2 is 2.19 bits per heavy atom. The number of carbonyl (C=O) groups is 2. The van der Waals surface area contributed by atoms with Gasteiger partial charge in [-0.15, -0.1) is 0 Å². The zero-order valence-corrected chi connectivity index (χ0v) is 8.57. The maximum absolute atomic E-state index is 12.0. The zero-order valence-electron chi connectivity index (χ0n) is 8.57. The first-order valence-electron chi connectivity index (χ1n) is 4.55. The van der Waals surface area contributed by atoms with Crippen molar-refractivity contribution in [3.8, 4) is 5.75 Å². The predicted molar refractivity (Wildman–Crippen MR) is 52.8 cm³/mol. The maximum atomic E-state index is 12.0. The van der Waals surface area contributed by atoms with E-state index in [1.54, 1.807) is 0 Å². The summed E-state index contributed by atoms with van der Waals surface area (Å²) in [5.74, 6) is -0.300. The van der Waals surface area contributed by atoms with Crippen LogP contribution in [0.15, 0.2) is 18.2 Å². The van der Waals surface area contributed by atoms with Gasteiger partial charge in [0.1, 0.15) is 11.5 Å². The van der Waals surface area contributed by atoms with Crippen LogP contribution in [-0.4, -0.2) is 18.7 Å². The van der Waals surface area contributed by atoms with Gasteiger partial charge in [-0.3, -0.25) is 9.59 Å². The molecule has 0 bridgehead atoms. The van der Waals surface area contributed by atoms with Crippen LogP contribution in [0.2, 0.25) is 0 Å². The van der Waals surface area contributed by atoms with Crippen LogP contribution in [0.25, 0.3) is 0 Å². The van der Waals surface area contributed by atoms with E-state index in [1.165, 1.54) is 25.1 Å². The first kappa shape index (κ1) is 12.3. The fraction of sp³-hybridized carbons (Fsp3) is 0.273. The summed E-state index contributed by atoms with van der Waals surface area (Å²) in [4.78, 5) is 21.4. The second kappa shape index (κ2) is 5.34. The van der Waals surface area contributed by atoms with Gasteiger partial charge in [0.15, 0.2) is 6.29 Å². The quantitative estimate of drug-likeness (QED) is 0.726. The number of rotatable bonds is 5. The Kier molecular flexibility index (Phi) is 4.10. The number of Topliss-reactive ketones (excluding diaryl/α,β-unsaturated/α-hetero) is 1. The van der Waals surface area contributed by atoms with Crippen molar-refractivity contribution in [1.29, 1.82) is 0 Å². The Hall–Kier alpha value is -1.78. The normalized spacial score (nSPS) is 10.2. The van der Waals surface area contributed by atoms with Crippen molar-refractivity contribution in [2.45, 2.75) is 20.0 Å². The van der Waals surface area contributed by atoms with E-state index in [9.17, 15) is 18.4 Å². The highest BCUT2D eigenvalue weighted by molar-refractivity contribution is 5.81. The molecule has 0 aliphatic heterocycles. The van der Waals surface area contributed by atoms with Crippen molar-refractivity contribution >= 4 is 12.1 Å². The summed E-state index contributed by atoms with van der Waals surface area (Å²) < 4.78 is 28.2. The molecule has 0 saturated carbocycles. The Balaban J connectivity index is 3.00. The molecule has 1 aromatic rings. The van der Waals surface area contributed by atoms with Gasteiger partial charge in [0, 0.05) is 6.42 Å². The molecular formula is C11H10F2O3. The molecule has 0 aromatic heterocycles. The average molecular weight is 228 g/mol. The average Bonchev–Trinajstić information content (AvgIpc) is 2.16. The fourth-order valence-electron chi connectivity index (χ4n) is 1.27. The van der Waals surface area contributed by atoms with Gasteiger partial charge >= 0.3 is 6.61 Å². The molecule has 16 heavy (non-hydrogen) atoms. The summed E-state index contributed by atoms with van der Waals surface area (Å²) in [6.07, 6.45) is 0.550. The van der Waals surface area contributed by atoms with Gasteiger partial charge in [-0.1, -0.05) is 6.07 Å². The number of ether oxygens (including phenoxy) is 1. The minimum atomic E-state index is -2.99. The first-order valence-corrected chi connectivity index (χ1v) is 4.55. The van der Waals surface area contributed by atoms with Gasteiger partial charge in [-0.05, 0) is 24.6 Å². The molecule has 0 unspecified atom stereocenters. The van der Waals surface area contributed by atoms with Crippen molar-refractivity contribution < 1.29 is 23.1 Å². The molecular weight excluding hydrogens is 218 g/mol. The number of hydrogen-bond acceptors (Lipinski definition) is 3. The van der Waals surface area contributed by atoms with Crippen molar-refractivity contribution in [3.63, 3.8) is 0 Å². The summed E-state index contributed by atoms with van der Waals surface area (Å²) in [6.45, 7) is -1.60. The second-order valence-corrected chi connectivity index (χ2v) is 3.25. The van der Waals surface area contributed by atoms with Crippen molar-refractivity contribution in [1.82, 2.24) is 0 Å². The van der Waals surface area contributed by atoms with E-state index in [2.05, 4.69) is 4.74 Å². The summed E-state index contributed by atoms with van der Waals surface area (Å²) in [5, 5.41) is 0. The van der Waals surface area contributed by atoms with Gasteiger partial charge in [0.25, 0.3) is 0 Å². The Bertz CT molecular complexity index is 402. The van der Waals surface area contributed by atoms with E-state index in [0.717, 1.165) is 0 Å². The number of alkyl halides is 2. The van der Waals surface area contributed by atoms with Crippen molar-refractivity contribution in [3.05, 3.63) is 29.3 Å². The van der Waals surface area contributed by atoms with Crippen LogP contribution in [0.4, 0.5) is 8.78 Å². The van der Waals surface area contributed by atoms with Crippen LogP contribution < -0.4 is 4.74 Å². The van der Waals surface area contributed by atoms with E-state index in [-0.39, 0.29) is 23.5 Å². The molecule has 0 saturated heterocycles. The molecule has 0 aliphatic rings. The Morgan fingerprint density at radius 3 is 2.69 bits per heavy atom. The van der Waals surface area contributed by atoms with E-state index in [4.69, 9.17) is 0 Å². The van der Waals surface area contributed by atoms with Crippen molar-refractivity contribution in [2.24, 2.45) is 0 Å². The maximum Gasteiger partial charge on any atom is 0.387 e. The van der Waals surface area contributed by atoms with Crippen LogP contribution in [0.1, 0.15) is 22.8 Å². The van der Waals surface area contributed by atoms with E-state index in [0.29, 0.717) is 11.8 Å². The molecule has 0 fully saturated rings. The van der Waals surface area contributed by atoms with Crippen LogP contribution in [0.3, 0.4) is 0 Å². The fourth-order valence-corrected chi connectivity index (χ4v) is 1.27. The molecule has 0 aliphatic carbocycles. The molecule has 1 rings (SSSR count). The third-order valence-corrected chi connectivity index (χ3v) is 1.87. The summed E-state index contributed by atoms with van der Waals surface area (Å²) in [5.41, 5.74) is 0.571. The highest BCUT2D eigenvalue weighted by Crippen LogP contribution is 2.21. The standard InChI is InChI=1S/C11H10F2O3/c1-7(15)4-8-2-3-9(6-14)10(5-8)16-11(12)13/h2-3,5-6,11H,4H2,1H3. The smallest absolute Gasteiger partial charge is 0.387 e. The minimum absolute atomic E-state index is 0.0348. The molecule has 0 spiro atoms. The number of aldehydes is 1. The highest BCUT2D eigenvalue weighted by atomic mass is 19.3. The van der Waals surface area contributed by atoms with E-state index in [1.807, 2.05) is 0 Å². The first-order chi connectivity index (χ1) is 7.52. The second-order valence-electron chi connectivity index (χ2n) is 3.25. The van der Waals surface area contributed by atoms with Gasteiger partial charge < -0.3 is 4.74 Å². The molecule has 0 atom stereocenters. The van der Waals surface area contributed by atoms with Gasteiger partial charge in [0.2, 0.25) is 0 Å². The topological polar surface area (TPSA) is 43.4 Å². The van der Waals surface area contributed by atoms with Gasteiger partial charge in [-0.2, -0.15) is 8.78 Å². The number of halogens is 2. The van der Waals surface area contributed by atoms with Crippen LogP contribution in [0.5, 0.6) is 5.75 Å². The molecule has 5 heteroatoms. The van der Waals surface area contributed by atoms with Crippen LogP contribution >= 0.6 is 0 Å². The number of ketones is 1. The number of hydrogen-bond donors (Lipinski definition) is 0. The Labute approximate surface area is 91.0 Å². The third-order valence-electron chi connectivity index (χ3n) is 1.87. The van der Waals surface area contributed by atoms with E-state index >= 15 is 0 Å². The molecule has 1 aromatic carbocycles. The van der Waals surface area contributed by atoms with Crippen LogP contribution in [0, 0.1) is 0 Å². The SMILES string of the molecule is CC(=O)Cc1ccc(C=O)c(OC(F)F)c1. The number of benzene rings is 1. The largest absolute Gasteiger partial charge is 0.434 e. The monoisotopic (exact) mass is 228 g/mol. The van der Waals surface area contributed by atoms with Crippen LogP contribution in [-0.2, 0) is 11.2 Å². The minimum Gasteiger partial charge on any atom is -0.434 e.